The van der Waals surface area contributed by atoms with E-state index in [2.05, 4.69) is 73.9 Å². The van der Waals surface area contributed by atoms with Gasteiger partial charge in [0.15, 0.2) is 0 Å². The summed E-state index contributed by atoms with van der Waals surface area (Å²) in [5, 5.41) is 5.81. The predicted octanol–water partition coefficient (Wildman–Crippen LogP) is 4.23. The lowest BCUT2D eigenvalue weighted by Crippen LogP contribution is -2.18. The molecule has 1 aromatic carbocycles. The van der Waals surface area contributed by atoms with E-state index >= 15 is 0 Å². The summed E-state index contributed by atoms with van der Waals surface area (Å²) in [4.78, 5) is 3.59. The first kappa shape index (κ1) is 15.1. The number of nitrogens with one attached hydrogen (secondary N) is 1. The third-order valence-electron chi connectivity index (χ3n) is 3.70. The van der Waals surface area contributed by atoms with E-state index < -0.39 is 0 Å². The summed E-state index contributed by atoms with van der Waals surface area (Å²) in [7, 11) is 4.14. The van der Waals surface area contributed by atoms with E-state index in [0.717, 1.165) is 13.0 Å². The van der Waals surface area contributed by atoms with E-state index in [0.29, 0.717) is 6.04 Å². The van der Waals surface area contributed by atoms with Crippen molar-refractivity contribution >= 4 is 17.0 Å². The fourth-order valence-corrected chi connectivity index (χ4v) is 3.19. The molecule has 0 fully saturated rings. The maximum Gasteiger partial charge on any atom is 0.0361 e. The van der Waals surface area contributed by atoms with Crippen molar-refractivity contribution in [2.45, 2.75) is 32.9 Å². The van der Waals surface area contributed by atoms with Crippen LogP contribution in [0.5, 0.6) is 0 Å². The monoisotopic (exact) mass is 288 g/mol. The Balaban J connectivity index is 1.96. The number of nitrogens with zero attached hydrogens (tertiary/aromatic N) is 1. The zero-order valence-corrected chi connectivity index (χ0v) is 13.6. The van der Waals surface area contributed by atoms with Crippen molar-refractivity contribution in [2.75, 3.05) is 19.0 Å². The fraction of sp³-hybridized carbons (Fsp3) is 0.412. The molecule has 20 heavy (non-hydrogen) atoms. The Bertz CT molecular complexity index is 528. The lowest BCUT2D eigenvalue weighted by atomic mass is 10.1. The Morgan fingerprint density at radius 1 is 1.15 bits per heavy atom. The van der Waals surface area contributed by atoms with Crippen molar-refractivity contribution in [3.63, 3.8) is 0 Å². The first-order chi connectivity index (χ1) is 9.61. The highest BCUT2D eigenvalue weighted by atomic mass is 32.1. The first-order valence-electron chi connectivity index (χ1n) is 7.17. The van der Waals surface area contributed by atoms with Gasteiger partial charge in [-0.25, -0.2) is 0 Å². The maximum atomic E-state index is 3.62. The lowest BCUT2D eigenvalue weighted by molar-refractivity contribution is 0.577. The van der Waals surface area contributed by atoms with Crippen LogP contribution in [0, 0.1) is 0 Å². The van der Waals surface area contributed by atoms with Gasteiger partial charge in [-0.15, -0.1) is 11.3 Å². The second-order valence-corrected chi connectivity index (χ2v) is 6.31. The molecule has 1 atom stereocenters. The minimum Gasteiger partial charge on any atom is -0.378 e. The highest BCUT2D eigenvalue weighted by Crippen LogP contribution is 2.21. The Hall–Kier alpha value is -1.32. The van der Waals surface area contributed by atoms with Crippen molar-refractivity contribution in [3.05, 3.63) is 51.7 Å². The van der Waals surface area contributed by atoms with Gasteiger partial charge < -0.3 is 10.2 Å². The molecule has 1 aromatic heterocycles. The minimum absolute atomic E-state index is 0.373. The molecule has 0 aliphatic carbocycles. The predicted molar refractivity (Wildman–Crippen MR) is 89.7 cm³/mol. The lowest BCUT2D eigenvalue weighted by Gasteiger charge is -2.17. The van der Waals surface area contributed by atoms with Gasteiger partial charge in [0, 0.05) is 37.2 Å². The van der Waals surface area contributed by atoms with E-state index in [1.807, 2.05) is 11.3 Å². The first-order valence-corrected chi connectivity index (χ1v) is 8.05. The Kier molecular flexibility index (Phi) is 5.21. The van der Waals surface area contributed by atoms with E-state index in [-0.39, 0.29) is 0 Å². The summed E-state index contributed by atoms with van der Waals surface area (Å²) in [5.74, 6) is 0. The van der Waals surface area contributed by atoms with Crippen molar-refractivity contribution in [3.8, 4) is 0 Å². The average Bonchev–Trinajstić information content (AvgIpc) is 2.92. The van der Waals surface area contributed by atoms with Crippen LogP contribution in [0.4, 0.5) is 5.69 Å². The largest absolute Gasteiger partial charge is 0.378 e. The molecule has 0 aliphatic rings. The third-order valence-corrected chi connectivity index (χ3v) is 4.66. The number of rotatable bonds is 6. The second-order valence-electron chi connectivity index (χ2n) is 5.31. The number of anilines is 1. The molecule has 2 rings (SSSR count). The topological polar surface area (TPSA) is 15.3 Å². The molecule has 0 aliphatic heterocycles. The van der Waals surface area contributed by atoms with Gasteiger partial charge in [-0.2, -0.15) is 0 Å². The van der Waals surface area contributed by atoms with Crippen LogP contribution in [0.3, 0.4) is 0 Å². The Morgan fingerprint density at radius 3 is 2.45 bits per heavy atom. The number of thiophene rings is 1. The standard InChI is InChI=1S/C17H24N2S/c1-5-14-10-11-20-17(14)12-18-13(2)15-6-8-16(9-7-15)19(3)4/h6-11,13,18H,5,12H2,1-4H3. The van der Waals surface area contributed by atoms with Crippen LogP contribution in [-0.4, -0.2) is 14.1 Å². The van der Waals surface area contributed by atoms with Gasteiger partial charge in [0.2, 0.25) is 0 Å². The van der Waals surface area contributed by atoms with Gasteiger partial charge >= 0.3 is 0 Å². The van der Waals surface area contributed by atoms with Crippen LogP contribution in [0.15, 0.2) is 35.7 Å². The molecule has 0 bridgehead atoms. The van der Waals surface area contributed by atoms with Gasteiger partial charge in [-0.1, -0.05) is 19.1 Å². The summed E-state index contributed by atoms with van der Waals surface area (Å²) in [6, 6.07) is 11.4. The van der Waals surface area contributed by atoms with E-state index in [1.165, 1.54) is 21.7 Å². The Labute approximate surface area is 126 Å². The summed E-state index contributed by atoms with van der Waals surface area (Å²) in [6.45, 7) is 5.40. The third kappa shape index (κ3) is 3.62. The van der Waals surface area contributed by atoms with Crippen LogP contribution in [0.2, 0.25) is 0 Å². The number of hydrogen-bond acceptors (Lipinski definition) is 3. The number of hydrogen-bond donors (Lipinski definition) is 1. The van der Waals surface area contributed by atoms with Crippen LogP contribution in [0.1, 0.15) is 35.9 Å². The van der Waals surface area contributed by atoms with Gasteiger partial charge in [0.25, 0.3) is 0 Å². The number of benzene rings is 1. The quantitative estimate of drug-likeness (QED) is 0.856. The zero-order chi connectivity index (χ0) is 14.5. The van der Waals surface area contributed by atoms with Gasteiger partial charge in [-0.05, 0) is 48.1 Å². The highest BCUT2D eigenvalue weighted by molar-refractivity contribution is 7.10. The molecule has 0 amide bonds. The van der Waals surface area contributed by atoms with Crippen LogP contribution in [-0.2, 0) is 13.0 Å². The summed E-state index contributed by atoms with van der Waals surface area (Å²) >= 11 is 1.85. The molecule has 3 heteroatoms. The molecule has 1 heterocycles. The highest BCUT2D eigenvalue weighted by Gasteiger charge is 2.07. The summed E-state index contributed by atoms with van der Waals surface area (Å²) < 4.78 is 0. The maximum absolute atomic E-state index is 3.62. The molecule has 2 aromatic rings. The smallest absolute Gasteiger partial charge is 0.0361 e. The summed E-state index contributed by atoms with van der Waals surface area (Å²) in [6.07, 6.45) is 1.12. The molecular weight excluding hydrogens is 264 g/mol. The molecule has 1 N–H and O–H groups in total. The second kappa shape index (κ2) is 6.91. The number of aryl methyl sites for hydroxylation is 1. The molecule has 1 unspecified atom stereocenters. The molecule has 0 saturated carbocycles. The van der Waals surface area contributed by atoms with E-state index in [1.54, 1.807) is 0 Å². The molecule has 0 spiro atoms. The SMILES string of the molecule is CCc1ccsc1CNC(C)c1ccc(N(C)C)cc1. The van der Waals surface area contributed by atoms with Gasteiger partial charge in [0.05, 0.1) is 0 Å². The summed E-state index contributed by atoms with van der Waals surface area (Å²) in [5.41, 5.74) is 4.05. The van der Waals surface area contributed by atoms with Crippen molar-refractivity contribution in [1.29, 1.82) is 0 Å². The molecule has 0 radical (unpaired) electrons. The fourth-order valence-electron chi connectivity index (χ4n) is 2.26. The molecule has 108 valence electrons. The van der Waals surface area contributed by atoms with Gasteiger partial charge in [0.1, 0.15) is 0 Å². The van der Waals surface area contributed by atoms with Crippen molar-refractivity contribution < 1.29 is 0 Å². The van der Waals surface area contributed by atoms with Crippen LogP contribution in [0.25, 0.3) is 0 Å². The normalized spacial score (nSPS) is 12.4. The molecule has 0 saturated heterocycles. The van der Waals surface area contributed by atoms with E-state index in [9.17, 15) is 0 Å². The van der Waals surface area contributed by atoms with Crippen LogP contribution >= 0.6 is 11.3 Å². The van der Waals surface area contributed by atoms with Crippen molar-refractivity contribution in [1.82, 2.24) is 5.32 Å². The zero-order valence-electron chi connectivity index (χ0n) is 12.8. The molecular formula is C17H24N2S. The van der Waals surface area contributed by atoms with Crippen LogP contribution < -0.4 is 10.2 Å². The minimum atomic E-state index is 0.373. The Morgan fingerprint density at radius 2 is 1.85 bits per heavy atom. The van der Waals surface area contributed by atoms with E-state index in [4.69, 9.17) is 0 Å². The van der Waals surface area contributed by atoms with Gasteiger partial charge in [-0.3, -0.25) is 0 Å². The molecule has 2 nitrogen and oxygen atoms in total. The van der Waals surface area contributed by atoms with Crippen molar-refractivity contribution in [2.24, 2.45) is 0 Å². The average molecular weight is 288 g/mol.